The molecule has 0 amide bonds. The number of nitrogens with zero attached hydrogens (tertiary/aromatic N) is 3. The predicted octanol–water partition coefficient (Wildman–Crippen LogP) is 4.73. The molecule has 0 aliphatic carbocycles. The van der Waals surface area contributed by atoms with E-state index in [4.69, 9.17) is 4.74 Å². The minimum atomic E-state index is -0.721. The van der Waals surface area contributed by atoms with Crippen LogP contribution >= 0.6 is 22.7 Å². The van der Waals surface area contributed by atoms with Gasteiger partial charge < -0.3 is 15.4 Å². The van der Waals surface area contributed by atoms with Crippen LogP contribution in [0.3, 0.4) is 0 Å². The average molecular weight is 440 g/mol. The first-order valence-electron chi connectivity index (χ1n) is 9.44. The number of para-hydroxylation sites is 1. The van der Waals surface area contributed by atoms with Crippen LogP contribution in [0.4, 0.5) is 11.9 Å². The molecule has 2 N–H and O–H groups in total. The van der Waals surface area contributed by atoms with Gasteiger partial charge in [0.25, 0.3) is 5.91 Å². The Morgan fingerprint density at radius 1 is 1.00 bits per heavy atom. The largest absolute Gasteiger partial charge is 0.481 e. The van der Waals surface area contributed by atoms with Gasteiger partial charge >= 0.3 is 0 Å². The van der Waals surface area contributed by atoms with E-state index in [1.807, 2.05) is 65.4 Å². The standard InChI is InChI=1S/C21H21N5O2S2/c1-15(28-16-7-3-2-4-8-16)19(27)26-21(23-14-18-10-6-12-30-18)24-20(25-26)22-13-17-9-5-11-29-17/h2-12,15H,13-14H2,1H3,(H2,22,23,24,25)/t15-/m0/s1. The first-order chi connectivity index (χ1) is 14.7. The number of carbonyl (C=O) groups is 1. The molecule has 154 valence electrons. The lowest BCUT2D eigenvalue weighted by molar-refractivity contribution is 0.0713. The van der Waals surface area contributed by atoms with Gasteiger partial charge in [-0.15, -0.1) is 27.8 Å². The minimum Gasteiger partial charge on any atom is -0.481 e. The van der Waals surface area contributed by atoms with Crippen LogP contribution in [-0.4, -0.2) is 26.8 Å². The highest BCUT2D eigenvalue weighted by Crippen LogP contribution is 2.18. The molecular formula is C21H21N5O2S2. The maximum Gasteiger partial charge on any atom is 0.290 e. The molecule has 9 heteroatoms. The van der Waals surface area contributed by atoms with Crippen molar-refractivity contribution in [3.63, 3.8) is 0 Å². The van der Waals surface area contributed by atoms with E-state index in [1.54, 1.807) is 29.6 Å². The van der Waals surface area contributed by atoms with E-state index in [-0.39, 0.29) is 5.91 Å². The van der Waals surface area contributed by atoms with Crippen molar-refractivity contribution in [1.29, 1.82) is 0 Å². The number of thiophene rings is 2. The molecule has 4 rings (SSSR count). The number of aromatic nitrogens is 3. The molecule has 7 nitrogen and oxygen atoms in total. The molecule has 1 aromatic carbocycles. The lowest BCUT2D eigenvalue weighted by Crippen LogP contribution is -2.31. The van der Waals surface area contributed by atoms with Gasteiger partial charge in [0.15, 0.2) is 6.10 Å². The van der Waals surface area contributed by atoms with Crippen molar-refractivity contribution in [2.45, 2.75) is 26.1 Å². The van der Waals surface area contributed by atoms with Crippen LogP contribution in [0, 0.1) is 0 Å². The van der Waals surface area contributed by atoms with E-state index in [9.17, 15) is 4.79 Å². The van der Waals surface area contributed by atoms with Crippen LogP contribution in [0.25, 0.3) is 0 Å². The van der Waals surface area contributed by atoms with Crippen molar-refractivity contribution in [1.82, 2.24) is 14.8 Å². The van der Waals surface area contributed by atoms with Gasteiger partial charge in [-0.3, -0.25) is 4.79 Å². The normalized spacial score (nSPS) is 11.8. The van der Waals surface area contributed by atoms with Gasteiger partial charge in [0, 0.05) is 9.75 Å². The summed E-state index contributed by atoms with van der Waals surface area (Å²) in [5.41, 5.74) is 0. The summed E-state index contributed by atoms with van der Waals surface area (Å²) in [5.74, 6) is 1.09. The molecule has 0 radical (unpaired) electrons. The summed E-state index contributed by atoms with van der Waals surface area (Å²) < 4.78 is 7.06. The Morgan fingerprint density at radius 3 is 2.30 bits per heavy atom. The van der Waals surface area contributed by atoms with E-state index >= 15 is 0 Å². The molecule has 30 heavy (non-hydrogen) atoms. The summed E-state index contributed by atoms with van der Waals surface area (Å²) in [6.07, 6.45) is -0.721. The second-order valence-electron chi connectivity index (χ2n) is 6.45. The highest BCUT2D eigenvalue weighted by Gasteiger charge is 2.23. The van der Waals surface area contributed by atoms with Gasteiger partial charge in [-0.05, 0) is 41.9 Å². The molecule has 1 atom stereocenters. The molecule has 0 fully saturated rings. The predicted molar refractivity (Wildman–Crippen MR) is 120 cm³/mol. The van der Waals surface area contributed by atoms with Gasteiger partial charge in [0.2, 0.25) is 11.9 Å². The Labute approximate surface area is 182 Å². The Bertz CT molecular complexity index is 1060. The number of hydrogen-bond donors (Lipinski definition) is 2. The maximum atomic E-state index is 13.0. The van der Waals surface area contributed by atoms with E-state index in [2.05, 4.69) is 20.7 Å². The minimum absolute atomic E-state index is 0.302. The summed E-state index contributed by atoms with van der Waals surface area (Å²) in [7, 11) is 0. The molecule has 3 aromatic heterocycles. The lowest BCUT2D eigenvalue weighted by atomic mass is 10.3. The number of benzene rings is 1. The third kappa shape index (κ3) is 5.05. The topological polar surface area (TPSA) is 81.1 Å². The third-order valence-electron chi connectivity index (χ3n) is 4.22. The molecule has 0 spiro atoms. The first-order valence-corrected chi connectivity index (χ1v) is 11.2. The molecule has 0 saturated heterocycles. The third-order valence-corrected chi connectivity index (χ3v) is 5.97. The number of carbonyl (C=O) groups excluding carboxylic acids is 1. The number of ether oxygens (including phenoxy) is 1. The number of anilines is 2. The van der Waals surface area contributed by atoms with Crippen molar-refractivity contribution < 1.29 is 9.53 Å². The van der Waals surface area contributed by atoms with Crippen LogP contribution in [0.15, 0.2) is 65.4 Å². The van der Waals surface area contributed by atoms with Crippen molar-refractivity contribution >= 4 is 40.5 Å². The van der Waals surface area contributed by atoms with Gasteiger partial charge in [-0.2, -0.15) is 9.67 Å². The number of hydrogen-bond acceptors (Lipinski definition) is 8. The monoisotopic (exact) mass is 439 g/mol. The van der Waals surface area contributed by atoms with E-state index in [0.29, 0.717) is 30.7 Å². The first kappa shape index (κ1) is 20.1. The highest BCUT2D eigenvalue weighted by atomic mass is 32.1. The SMILES string of the molecule is C[C@H](Oc1ccccc1)C(=O)n1nc(NCc2cccs2)nc1NCc1cccs1. The molecule has 0 bridgehead atoms. The Morgan fingerprint density at radius 2 is 1.67 bits per heavy atom. The fourth-order valence-electron chi connectivity index (χ4n) is 2.74. The maximum absolute atomic E-state index is 13.0. The smallest absolute Gasteiger partial charge is 0.290 e. The molecular weight excluding hydrogens is 418 g/mol. The Hall–Kier alpha value is -3.17. The van der Waals surface area contributed by atoms with Crippen molar-refractivity contribution in [2.75, 3.05) is 10.6 Å². The lowest BCUT2D eigenvalue weighted by Gasteiger charge is -2.14. The van der Waals surface area contributed by atoms with Crippen LogP contribution in [-0.2, 0) is 13.1 Å². The van der Waals surface area contributed by atoms with Gasteiger partial charge in [0.1, 0.15) is 5.75 Å². The van der Waals surface area contributed by atoms with Crippen LogP contribution in [0.2, 0.25) is 0 Å². The van der Waals surface area contributed by atoms with Crippen LogP contribution in [0.1, 0.15) is 21.5 Å². The summed E-state index contributed by atoms with van der Waals surface area (Å²) >= 11 is 3.28. The van der Waals surface area contributed by atoms with Crippen molar-refractivity contribution in [3.8, 4) is 5.75 Å². The van der Waals surface area contributed by atoms with Gasteiger partial charge in [0.05, 0.1) is 13.1 Å². The Balaban J connectivity index is 1.51. The molecule has 4 aromatic rings. The fraction of sp³-hybridized carbons (Fsp3) is 0.190. The molecule has 0 saturated carbocycles. The summed E-state index contributed by atoms with van der Waals surface area (Å²) in [6, 6.07) is 17.3. The van der Waals surface area contributed by atoms with Crippen molar-refractivity contribution in [3.05, 3.63) is 75.1 Å². The summed E-state index contributed by atoms with van der Waals surface area (Å²) in [4.78, 5) is 19.8. The second kappa shape index (κ2) is 9.55. The zero-order valence-electron chi connectivity index (χ0n) is 16.3. The Kier molecular flexibility index (Phi) is 6.41. The number of rotatable bonds is 9. The van der Waals surface area contributed by atoms with Crippen LogP contribution in [0.5, 0.6) is 5.75 Å². The quantitative estimate of drug-likeness (QED) is 0.392. The van der Waals surface area contributed by atoms with Crippen molar-refractivity contribution in [2.24, 2.45) is 0 Å². The van der Waals surface area contributed by atoms with Gasteiger partial charge in [-0.25, -0.2) is 0 Å². The molecule has 0 unspecified atom stereocenters. The zero-order chi connectivity index (χ0) is 20.8. The number of nitrogens with one attached hydrogen (secondary N) is 2. The zero-order valence-corrected chi connectivity index (χ0v) is 18.0. The van der Waals surface area contributed by atoms with Gasteiger partial charge in [-0.1, -0.05) is 30.3 Å². The fourth-order valence-corrected chi connectivity index (χ4v) is 4.03. The summed E-state index contributed by atoms with van der Waals surface area (Å²) in [5, 5.41) is 14.8. The van der Waals surface area contributed by atoms with E-state index in [1.165, 1.54) is 4.68 Å². The average Bonchev–Trinajstić information content (AvgIpc) is 3.53. The highest BCUT2D eigenvalue weighted by molar-refractivity contribution is 7.10. The molecule has 0 aliphatic rings. The molecule has 0 aliphatic heterocycles. The summed E-state index contributed by atoms with van der Waals surface area (Å²) in [6.45, 7) is 2.86. The van der Waals surface area contributed by atoms with E-state index in [0.717, 1.165) is 9.75 Å². The van der Waals surface area contributed by atoms with Crippen LogP contribution < -0.4 is 15.4 Å². The van der Waals surface area contributed by atoms with E-state index < -0.39 is 6.10 Å². The molecule has 3 heterocycles. The second-order valence-corrected chi connectivity index (χ2v) is 8.51.